The van der Waals surface area contributed by atoms with E-state index in [1.54, 1.807) is 18.2 Å². The standard InChI is InChI=1S/C15H14N4O3/c1-22-14-6-11(4-5-17-14)12(7-16)15(21)19-13-3-2-10(9-20)8-18-13/h2-9H,16H2,1H3,(H,18,19,21). The molecule has 0 fully saturated rings. The number of aldehydes is 1. The number of nitrogens with one attached hydrogen (secondary N) is 1. The zero-order valence-electron chi connectivity index (χ0n) is 11.8. The van der Waals surface area contributed by atoms with Crippen LogP contribution in [0.5, 0.6) is 5.88 Å². The average Bonchev–Trinajstić information content (AvgIpc) is 2.56. The second-order valence-electron chi connectivity index (χ2n) is 4.22. The van der Waals surface area contributed by atoms with E-state index in [0.717, 1.165) is 0 Å². The van der Waals surface area contributed by atoms with Crippen LogP contribution in [0, 0.1) is 0 Å². The smallest absolute Gasteiger partial charge is 0.258 e. The summed E-state index contributed by atoms with van der Waals surface area (Å²) in [7, 11) is 1.48. The Kier molecular flexibility index (Phi) is 4.81. The lowest BCUT2D eigenvalue weighted by molar-refractivity contribution is -0.111. The third-order valence-electron chi connectivity index (χ3n) is 2.83. The van der Waals surface area contributed by atoms with Gasteiger partial charge in [-0.3, -0.25) is 9.59 Å². The molecule has 22 heavy (non-hydrogen) atoms. The summed E-state index contributed by atoms with van der Waals surface area (Å²) >= 11 is 0. The molecule has 7 nitrogen and oxygen atoms in total. The van der Waals surface area contributed by atoms with Gasteiger partial charge in [-0.25, -0.2) is 9.97 Å². The van der Waals surface area contributed by atoms with Gasteiger partial charge in [0.25, 0.3) is 5.91 Å². The van der Waals surface area contributed by atoms with Crippen LogP contribution in [0.2, 0.25) is 0 Å². The minimum atomic E-state index is -0.429. The van der Waals surface area contributed by atoms with Gasteiger partial charge in [-0.2, -0.15) is 0 Å². The minimum Gasteiger partial charge on any atom is -0.481 e. The SMILES string of the molecule is COc1cc(C(=CN)C(=O)Nc2ccc(C=O)cn2)ccn1. The van der Waals surface area contributed by atoms with Crippen LogP contribution in [-0.2, 0) is 4.79 Å². The molecule has 2 aromatic rings. The molecule has 0 aromatic carbocycles. The average molecular weight is 298 g/mol. The quantitative estimate of drug-likeness (QED) is 0.635. The highest BCUT2D eigenvalue weighted by molar-refractivity contribution is 6.25. The van der Waals surface area contributed by atoms with Crippen LogP contribution in [0.3, 0.4) is 0 Å². The lowest BCUT2D eigenvalue weighted by Crippen LogP contribution is -2.15. The highest BCUT2D eigenvalue weighted by Crippen LogP contribution is 2.19. The lowest BCUT2D eigenvalue weighted by atomic mass is 10.1. The van der Waals surface area contributed by atoms with Crippen LogP contribution in [0.1, 0.15) is 15.9 Å². The number of carbonyl (C=O) groups excluding carboxylic acids is 2. The van der Waals surface area contributed by atoms with E-state index >= 15 is 0 Å². The van der Waals surface area contributed by atoms with Gasteiger partial charge in [-0.05, 0) is 23.8 Å². The molecular formula is C15H14N4O3. The van der Waals surface area contributed by atoms with Gasteiger partial charge < -0.3 is 15.8 Å². The van der Waals surface area contributed by atoms with E-state index < -0.39 is 5.91 Å². The van der Waals surface area contributed by atoms with Crippen molar-refractivity contribution in [2.45, 2.75) is 0 Å². The first-order valence-electron chi connectivity index (χ1n) is 6.33. The number of hydrogen-bond donors (Lipinski definition) is 2. The Labute approximate surface area is 126 Å². The molecule has 0 unspecified atom stereocenters. The fourth-order valence-corrected chi connectivity index (χ4v) is 1.72. The molecule has 0 atom stereocenters. The Hall–Kier alpha value is -3.22. The second-order valence-corrected chi connectivity index (χ2v) is 4.22. The fourth-order valence-electron chi connectivity index (χ4n) is 1.72. The van der Waals surface area contributed by atoms with Crippen molar-refractivity contribution in [3.8, 4) is 5.88 Å². The first-order valence-corrected chi connectivity index (χ1v) is 6.33. The number of rotatable bonds is 5. The molecule has 3 N–H and O–H groups in total. The first-order chi connectivity index (χ1) is 10.7. The van der Waals surface area contributed by atoms with Gasteiger partial charge in [-0.1, -0.05) is 0 Å². The molecule has 0 radical (unpaired) electrons. The monoisotopic (exact) mass is 298 g/mol. The van der Waals surface area contributed by atoms with Crippen LogP contribution >= 0.6 is 0 Å². The van der Waals surface area contributed by atoms with E-state index in [1.807, 2.05) is 0 Å². The van der Waals surface area contributed by atoms with Gasteiger partial charge in [0.15, 0.2) is 6.29 Å². The highest BCUT2D eigenvalue weighted by Gasteiger charge is 2.13. The summed E-state index contributed by atoms with van der Waals surface area (Å²) in [6.45, 7) is 0. The zero-order chi connectivity index (χ0) is 15.9. The molecule has 1 amide bonds. The molecule has 7 heteroatoms. The molecule has 112 valence electrons. The summed E-state index contributed by atoms with van der Waals surface area (Å²) in [4.78, 5) is 30.8. The van der Waals surface area contributed by atoms with E-state index in [2.05, 4.69) is 15.3 Å². The summed E-state index contributed by atoms with van der Waals surface area (Å²) in [6.07, 6.45) is 4.75. The maximum Gasteiger partial charge on any atom is 0.258 e. The third-order valence-corrected chi connectivity index (χ3v) is 2.83. The summed E-state index contributed by atoms with van der Waals surface area (Å²) in [5.41, 5.74) is 6.79. The number of amides is 1. The van der Waals surface area contributed by atoms with Crippen LogP contribution < -0.4 is 15.8 Å². The maximum atomic E-state index is 12.3. The fraction of sp³-hybridized carbons (Fsp3) is 0.0667. The van der Waals surface area contributed by atoms with E-state index in [0.29, 0.717) is 29.1 Å². The summed E-state index contributed by atoms with van der Waals surface area (Å²) < 4.78 is 5.02. The minimum absolute atomic E-state index is 0.252. The van der Waals surface area contributed by atoms with Crippen molar-refractivity contribution in [3.63, 3.8) is 0 Å². The number of anilines is 1. The van der Waals surface area contributed by atoms with E-state index in [4.69, 9.17) is 10.5 Å². The molecule has 0 spiro atoms. The van der Waals surface area contributed by atoms with Crippen LogP contribution in [0.15, 0.2) is 42.9 Å². The van der Waals surface area contributed by atoms with Crippen molar-refractivity contribution < 1.29 is 14.3 Å². The van der Waals surface area contributed by atoms with Gasteiger partial charge >= 0.3 is 0 Å². The van der Waals surface area contributed by atoms with Crippen molar-refractivity contribution in [2.24, 2.45) is 5.73 Å². The Morgan fingerprint density at radius 1 is 1.32 bits per heavy atom. The van der Waals surface area contributed by atoms with Gasteiger partial charge in [0.1, 0.15) is 5.82 Å². The predicted octanol–water partition coefficient (Wildman–Crippen LogP) is 1.24. The van der Waals surface area contributed by atoms with Crippen molar-refractivity contribution in [1.82, 2.24) is 9.97 Å². The van der Waals surface area contributed by atoms with Crippen molar-refractivity contribution in [2.75, 3.05) is 12.4 Å². The summed E-state index contributed by atoms with van der Waals surface area (Å²) in [5.74, 6) is 0.260. The van der Waals surface area contributed by atoms with Gasteiger partial charge in [0.05, 0.1) is 12.7 Å². The second kappa shape index (κ2) is 6.98. The first kappa shape index (κ1) is 15.2. The number of pyridine rings is 2. The molecule has 0 bridgehead atoms. The van der Waals surface area contributed by atoms with E-state index in [1.165, 1.54) is 31.8 Å². The molecule has 2 heterocycles. The molecule has 2 aromatic heterocycles. The largest absolute Gasteiger partial charge is 0.481 e. The van der Waals surface area contributed by atoms with Gasteiger partial charge in [-0.15, -0.1) is 0 Å². The molecule has 0 aliphatic heterocycles. The van der Waals surface area contributed by atoms with Crippen LogP contribution in [-0.4, -0.2) is 29.3 Å². The van der Waals surface area contributed by atoms with Crippen molar-refractivity contribution in [3.05, 3.63) is 54.0 Å². The molecule has 0 aliphatic rings. The van der Waals surface area contributed by atoms with E-state index in [9.17, 15) is 9.59 Å². The molecule has 2 rings (SSSR count). The van der Waals surface area contributed by atoms with Crippen LogP contribution in [0.25, 0.3) is 5.57 Å². The van der Waals surface area contributed by atoms with Gasteiger partial charge in [0, 0.05) is 30.2 Å². The van der Waals surface area contributed by atoms with Crippen molar-refractivity contribution in [1.29, 1.82) is 0 Å². The molecule has 0 aliphatic carbocycles. The van der Waals surface area contributed by atoms with Crippen molar-refractivity contribution >= 4 is 23.6 Å². The molecule has 0 saturated carbocycles. The summed E-state index contributed by atoms with van der Waals surface area (Å²) in [5, 5.41) is 2.60. The molecule has 0 saturated heterocycles. The lowest BCUT2D eigenvalue weighted by Gasteiger charge is -2.09. The maximum absolute atomic E-state index is 12.3. The number of nitrogens with zero attached hydrogens (tertiary/aromatic N) is 2. The number of nitrogens with two attached hydrogens (primary N) is 1. The molecular weight excluding hydrogens is 284 g/mol. The number of hydrogen-bond acceptors (Lipinski definition) is 6. The topological polar surface area (TPSA) is 107 Å². The van der Waals surface area contributed by atoms with Crippen LogP contribution in [0.4, 0.5) is 5.82 Å². The Morgan fingerprint density at radius 3 is 2.73 bits per heavy atom. The Bertz CT molecular complexity index is 711. The number of aromatic nitrogens is 2. The number of carbonyl (C=O) groups is 2. The Balaban J connectivity index is 2.19. The summed E-state index contributed by atoms with van der Waals surface area (Å²) in [6, 6.07) is 6.32. The Morgan fingerprint density at radius 2 is 2.14 bits per heavy atom. The van der Waals surface area contributed by atoms with Gasteiger partial charge in [0.2, 0.25) is 5.88 Å². The number of ether oxygens (including phenoxy) is 1. The number of methoxy groups -OCH3 is 1. The third kappa shape index (κ3) is 3.45. The highest BCUT2D eigenvalue weighted by atomic mass is 16.5. The normalized spacial score (nSPS) is 10.9. The predicted molar refractivity (Wildman–Crippen MR) is 81.2 cm³/mol. The zero-order valence-corrected chi connectivity index (χ0v) is 11.8. The van der Waals surface area contributed by atoms with E-state index in [-0.39, 0.29) is 5.57 Å².